The second kappa shape index (κ2) is 5.71. The summed E-state index contributed by atoms with van der Waals surface area (Å²) >= 11 is 6.01. The van der Waals surface area contributed by atoms with Crippen LogP contribution < -0.4 is 10.1 Å². The second-order valence-electron chi connectivity index (χ2n) is 4.56. The van der Waals surface area contributed by atoms with E-state index < -0.39 is 0 Å². The first-order valence-electron chi connectivity index (χ1n) is 5.97. The molecule has 2 rings (SSSR count). The molecule has 1 aromatic carbocycles. The molecule has 3 nitrogen and oxygen atoms in total. The highest BCUT2D eigenvalue weighted by atomic mass is 35.5. The van der Waals surface area contributed by atoms with Crippen LogP contribution in [-0.2, 0) is 6.54 Å². The minimum atomic E-state index is 0.568. The predicted octanol–water partition coefficient (Wildman–Crippen LogP) is 2.14. The van der Waals surface area contributed by atoms with Crippen molar-refractivity contribution in [2.45, 2.75) is 19.5 Å². The Morgan fingerprint density at radius 2 is 2.35 bits per heavy atom. The Morgan fingerprint density at radius 3 is 3.06 bits per heavy atom. The van der Waals surface area contributed by atoms with Crippen molar-refractivity contribution in [2.75, 3.05) is 26.7 Å². The fourth-order valence-electron chi connectivity index (χ4n) is 2.22. The molecule has 1 atom stereocenters. The van der Waals surface area contributed by atoms with E-state index in [4.69, 9.17) is 16.3 Å². The van der Waals surface area contributed by atoms with Gasteiger partial charge in [-0.05, 0) is 24.6 Å². The zero-order chi connectivity index (χ0) is 12.3. The fraction of sp³-hybridized carbons (Fsp3) is 0.538. The lowest BCUT2D eigenvalue weighted by molar-refractivity contribution is 0.199. The third kappa shape index (κ3) is 3.35. The Balaban J connectivity index is 2.02. The van der Waals surface area contributed by atoms with Crippen molar-refractivity contribution in [3.63, 3.8) is 0 Å². The average molecular weight is 255 g/mol. The van der Waals surface area contributed by atoms with E-state index in [1.807, 2.05) is 12.1 Å². The van der Waals surface area contributed by atoms with E-state index in [2.05, 4.69) is 23.2 Å². The number of benzene rings is 1. The lowest BCUT2D eigenvalue weighted by Crippen LogP contribution is -2.48. The van der Waals surface area contributed by atoms with E-state index in [-0.39, 0.29) is 0 Å². The summed E-state index contributed by atoms with van der Waals surface area (Å²) < 4.78 is 5.23. The molecule has 0 radical (unpaired) electrons. The predicted molar refractivity (Wildman–Crippen MR) is 70.7 cm³/mol. The van der Waals surface area contributed by atoms with Crippen molar-refractivity contribution in [2.24, 2.45) is 0 Å². The SMILES string of the molecule is COc1cc(CN2CCN[C@@H](C)C2)ccc1Cl. The van der Waals surface area contributed by atoms with Crippen LogP contribution in [0.2, 0.25) is 5.02 Å². The van der Waals surface area contributed by atoms with Gasteiger partial charge in [0.15, 0.2) is 0 Å². The van der Waals surface area contributed by atoms with Gasteiger partial charge < -0.3 is 10.1 Å². The molecule has 1 saturated heterocycles. The maximum Gasteiger partial charge on any atom is 0.137 e. The van der Waals surface area contributed by atoms with Crippen molar-refractivity contribution >= 4 is 11.6 Å². The Hall–Kier alpha value is -0.770. The number of piperazine rings is 1. The van der Waals surface area contributed by atoms with Crippen LogP contribution in [0.1, 0.15) is 12.5 Å². The Morgan fingerprint density at radius 1 is 1.53 bits per heavy atom. The van der Waals surface area contributed by atoms with Gasteiger partial charge in [0, 0.05) is 32.2 Å². The third-order valence-electron chi connectivity index (χ3n) is 3.07. The Kier molecular flexibility index (Phi) is 4.26. The van der Waals surface area contributed by atoms with Crippen molar-refractivity contribution in [3.05, 3.63) is 28.8 Å². The number of hydrogen-bond donors (Lipinski definition) is 1. The van der Waals surface area contributed by atoms with Gasteiger partial charge in [-0.15, -0.1) is 0 Å². The van der Waals surface area contributed by atoms with Gasteiger partial charge in [-0.25, -0.2) is 0 Å². The molecule has 17 heavy (non-hydrogen) atoms. The smallest absolute Gasteiger partial charge is 0.137 e. The molecule has 4 heteroatoms. The van der Waals surface area contributed by atoms with E-state index in [9.17, 15) is 0 Å². The van der Waals surface area contributed by atoms with Crippen LogP contribution in [0.15, 0.2) is 18.2 Å². The van der Waals surface area contributed by atoms with Crippen LogP contribution in [0.3, 0.4) is 0 Å². The molecule has 1 aromatic rings. The molecule has 0 aromatic heterocycles. The minimum absolute atomic E-state index is 0.568. The zero-order valence-electron chi connectivity index (χ0n) is 10.4. The van der Waals surface area contributed by atoms with Gasteiger partial charge in [-0.3, -0.25) is 4.90 Å². The largest absolute Gasteiger partial charge is 0.495 e. The van der Waals surface area contributed by atoms with Gasteiger partial charge in [0.05, 0.1) is 12.1 Å². The summed E-state index contributed by atoms with van der Waals surface area (Å²) in [5, 5.41) is 4.11. The molecule has 1 aliphatic rings. The van der Waals surface area contributed by atoms with Crippen LogP contribution in [0.4, 0.5) is 0 Å². The molecule has 0 aliphatic carbocycles. The molecule has 1 N–H and O–H groups in total. The minimum Gasteiger partial charge on any atom is -0.495 e. The first kappa shape index (κ1) is 12.7. The summed E-state index contributed by atoms with van der Waals surface area (Å²) in [6.45, 7) is 6.42. The molecule has 0 amide bonds. The highest BCUT2D eigenvalue weighted by molar-refractivity contribution is 6.32. The van der Waals surface area contributed by atoms with Crippen molar-refractivity contribution in [1.29, 1.82) is 0 Å². The molecule has 0 bridgehead atoms. The number of nitrogens with zero attached hydrogens (tertiary/aromatic N) is 1. The van der Waals surface area contributed by atoms with Gasteiger partial charge in [0.25, 0.3) is 0 Å². The van der Waals surface area contributed by atoms with Gasteiger partial charge in [0.1, 0.15) is 5.75 Å². The number of halogens is 1. The van der Waals surface area contributed by atoms with Gasteiger partial charge >= 0.3 is 0 Å². The summed E-state index contributed by atoms with van der Waals surface area (Å²) in [5.74, 6) is 0.757. The normalized spacial score (nSPS) is 21.5. The molecular weight excluding hydrogens is 236 g/mol. The number of methoxy groups -OCH3 is 1. The zero-order valence-corrected chi connectivity index (χ0v) is 11.1. The summed E-state index contributed by atoms with van der Waals surface area (Å²) in [6, 6.07) is 6.56. The van der Waals surface area contributed by atoms with Gasteiger partial charge in [0.2, 0.25) is 0 Å². The first-order chi connectivity index (χ1) is 8.19. The highest BCUT2D eigenvalue weighted by Gasteiger charge is 2.15. The van der Waals surface area contributed by atoms with Crippen LogP contribution in [0, 0.1) is 0 Å². The maximum atomic E-state index is 6.01. The third-order valence-corrected chi connectivity index (χ3v) is 3.39. The number of rotatable bonds is 3. The average Bonchev–Trinajstić information content (AvgIpc) is 2.32. The number of nitrogens with one attached hydrogen (secondary N) is 1. The lowest BCUT2D eigenvalue weighted by Gasteiger charge is -2.31. The molecular formula is C13H19ClN2O. The molecule has 0 spiro atoms. The second-order valence-corrected chi connectivity index (χ2v) is 4.97. The number of ether oxygens (including phenoxy) is 1. The molecule has 0 saturated carbocycles. The van der Waals surface area contributed by atoms with Crippen LogP contribution in [-0.4, -0.2) is 37.7 Å². The molecule has 94 valence electrons. The van der Waals surface area contributed by atoms with Crippen LogP contribution >= 0.6 is 11.6 Å². The van der Waals surface area contributed by atoms with Gasteiger partial charge in [-0.1, -0.05) is 17.7 Å². The quantitative estimate of drug-likeness (QED) is 0.895. The summed E-state index contributed by atoms with van der Waals surface area (Å²) in [6.07, 6.45) is 0. The van der Waals surface area contributed by atoms with E-state index in [1.165, 1.54) is 5.56 Å². The van der Waals surface area contributed by atoms with E-state index >= 15 is 0 Å². The monoisotopic (exact) mass is 254 g/mol. The molecule has 1 fully saturated rings. The Bertz CT molecular complexity index is 384. The first-order valence-corrected chi connectivity index (χ1v) is 6.35. The van der Waals surface area contributed by atoms with Crippen molar-refractivity contribution in [3.8, 4) is 5.75 Å². The molecule has 1 aliphatic heterocycles. The maximum absolute atomic E-state index is 6.01. The van der Waals surface area contributed by atoms with Crippen LogP contribution in [0.25, 0.3) is 0 Å². The number of hydrogen-bond acceptors (Lipinski definition) is 3. The van der Waals surface area contributed by atoms with Gasteiger partial charge in [-0.2, -0.15) is 0 Å². The van der Waals surface area contributed by atoms with Crippen molar-refractivity contribution < 1.29 is 4.74 Å². The standard InChI is InChI=1S/C13H19ClN2O/c1-10-8-16(6-5-15-10)9-11-3-4-12(14)13(7-11)17-2/h3-4,7,10,15H,5-6,8-9H2,1-2H3/t10-/m0/s1. The van der Waals surface area contributed by atoms with E-state index in [0.29, 0.717) is 11.1 Å². The van der Waals surface area contributed by atoms with Crippen LogP contribution in [0.5, 0.6) is 5.75 Å². The summed E-state index contributed by atoms with van der Waals surface area (Å²) in [7, 11) is 1.65. The van der Waals surface area contributed by atoms with E-state index in [1.54, 1.807) is 7.11 Å². The van der Waals surface area contributed by atoms with Crippen molar-refractivity contribution in [1.82, 2.24) is 10.2 Å². The highest BCUT2D eigenvalue weighted by Crippen LogP contribution is 2.25. The summed E-state index contributed by atoms with van der Waals surface area (Å²) in [4.78, 5) is 2.45. The topological polar surface area (TPSA) is 24.5 Å². The molecule has 1 heterocycles. The fourth-order valence-corrected chi connectivity index (χ4v) is 2.41. The molecule has 0 unspecified atom stereocenters. The summed E-state index contributed by atoms with van der Waals surface area (Å²) in [5.41, 5.74) is 1.25. The van der Waals surface area contributed by atoms with E-state index in [0.717, 1.165) is 31.9 Å². The lowest BCUT2D eigenvalue weighted by atomic mass is 10.1. The Labute approximate surface area is 108 Å².